The molecule has 0 aromatic carbocycles. The second-order valence-electron chi connectivity index (χ2n) is 2.81. The molecular weight excluding hydrogens is 152 g/mol. The fourth-order valence-corrected chi connectivity index (χ4v) is 1.34. The highest BCUT2D eigenvalue weighted by Crippen LogP contribution is 2.19. The van der Waals surface area contributed by atoms with Gasteiger partial charge in [-0.05, 0) is 12.5 Å². The molecular formula is C9H8N2O. The van der Waals surface area contributed by atoms with Gasteiger partial charge in [0.1, 0.15) is 12.3 Å². The van der Waals surface area contributed by atoms with Crippen molar-refractivity contribution in [2.75, 3.05) is 0 Å². The summed E-state index contributed by atoms with van der Waals surface area (Å²) >= 11 is 0. The molecule has 60 valence electrons. The van der Waals surface area contributed by atoms with Gasteiger partial charge in [-0.3, -0.25) is 4.79 Å². The van der Waals surface area contributed by atoms with Crippen LogP contribution in [0.2, 0.25) is 0 Å². The molecule has 2 aliphatic rings. The summed E-state index contributed by atoms with van der Waals surface area (Å²) < 4.78 is 0. The number of hydrogen-bond donors (Lipinski definition) is 0. The summed E-state index contributed by atoms with van der Waals surface area (Å²) in [4.78, 5) is 18.9. The van der Waals surface area contributed by atoms with E-state index in [1.807, 2.05) is 25.2 Å². The Hall–Kier alpha value is -1.51. The van der Waals surface area contributed by atoms with Crippen LogP contribution in [0.15, 0.2) is 33.8 Å². The number of carbonyl (C=O) groups is 1. The molecule has 0 N–H and O–H groups in total. The third-order valence-corrected chi connectivity index (χ3v) is 2.00. The van der Waals surface area contributed by atoms with Gasteiger partial charge in [-0.1, -0.05) is 18.2 Å². The van der Waals surface area contributed by atoms with Gasteiger partial charge in [-0.15, -0.1) is 0 Å². The molecule has 3 heteroatoms. The Bertz CT molecular complexity index is 348. The Balaban J connectivity index is 2.47. The molecule has 0 spiro atoms. The van der Waals surface area contributed by atoms with E-state index in [1.54, 1.807) is 0 Å². The van der Waals surface area contributed by atoms with E-state index in [1.165, 1.54) is 6.34 Å². The Morgan fingerprint density at radius 1 is 1.50 bits per heavy atom. The van der Waals surface area contributed by atoms with Gasteiger partial charge in [0, 0.05) is 0 Å². The molecule has 0 saturated carbocycles. The number of aliphatic imine (C=N–C) groups is 2. The minimum Gasteiger partial charge on any atom is -0.271 e. The lowest BCUT2D eigenvalue weighted by atomic mass is 9.91. The molecule has 1 amide bonds. The Morgan fingerprint density at radius 2 is 2.33 bits per heavy atom. The summed E-state index contributed by atoms with van der Waals surface area (Å²) in [6, 6.07) is 0. The fourth-order valence-electron chi connectivity index (χ4n) is 1.34. The highest BCUT2D eigenvalue weighted by Gasteiger charge is 2.25. The van der Waals surface area contributed by atoms with Crippen molar-refractivity contribution < 1.29 is 4.79 Å². The van der Waals surface area contributed by atoms with E-state index in [4.69, 9.17) is 0 Å². The van der Waals surface area contributed by atoms with Crippen LogP contribution in [-0.4, -0.2) is 18.0 Å². The first-order valence-corrected chi connectivity index (χ1v) is 3.78. The van der Waals surface area contributed by atoms with Crippen LogP contribution < -0.4 is 0 Å². The number of allylic oxidation sites excluding steroid dienone is 3. The molecule has 0 aromatic heterocycles. The first-order chi connectivity index (χ1) is 5.79. The third kappa shape index (κ3) is 0.942. The van der Waals surface area contributed by atoms with Gasteiger partial charge in [0.05, 0.1) is 5.71 Å². The van der Waals surface area contributed by atoms with Gasteiger partial charge >= 0.3 is 0 Å². The molecule has 0 aromatic rings. The van der Waals surface area contributed by atoms with E-state index in [0.717, 1.165) is 11.3 Å². The number of amides is 1. The van der Waals surface area contributed by atoms with Crippen molar-refractivity contribution in [3.63, 3.8) is 0 Å². The highest BCUT2D eigenvalue weighted by molar-refractivity contribution is 6.20. The summed E-state index contributed by atoms with van der Waals surface area (Å²) in [5.74, 6) is -0.358. The molecule has 0 radical (unpaired) electrons. The highest BCUT2D eigenvalue weighted by atomic mass is 16.1. The summed E-state index contributed by atoms with van der Waals surface area (Å²) in [5.41, 5.74) is 1.87. The van der Waals surface area contributed by atoms with E-state index < -0.39 is 0 Å². The van der Waals surface area contributed by atoms with Gasteiger partial charge < -0.3 is 0 Å². The first-order valence-electron chi connectivity index (χ1n) is 3.78. The zero-order valence-corrected chi connectivity index (χ0v) is 6.69. The molecule has 12 heavy (non-hydrogen) atoms. The van der Waals surface area contributed by atoms with E-state index in [-0.39, 0.29) is 11.8 Å². The van der Waals surface area contributed by atoms with Gasteiger partial charge in [0.25, 0.3) is 5.91 Å². The maximum atomic E-state index is 11.2. The first kappa shape index (κ1) is 7.16. The molecule has 1 unspecified atom stereocenters. The monoisotopic (exact) mass is 160 g/mol. The van der Waals surface area contributed by atoms with Crippen LogP contribution in [0, 0.1) is 5.92 Å². The lowest BCUT2D eigenvalue weighted by Crippen LogP contribution is -2.26. The molecule has 1 atom stereocenters. The molecule has 1 heterocycles. The average molecular weight is 160 g/mol. The van der Waals surface area contributed by atoms with Crippen molar-refractivity contribution in [1.29, 1.82) is 0 Å². The molecule has 2 rings (SSSR count). The lowest BCUT2D eigenvalue weighted by Gasteiger charge is -2.17. The zero-order valence-electron chi connectivity index (χ0n) is 6.69. The van der Waals surface area contributed by atoms with Gasteiger partial charge in [0.2, 0.25) is 0 Å². The summed E-state index contributed by atoms with van der Waals surface area (Å²) in [6.45, 7) is 1.95. The number of rotatable bonds is 0. The molecule has 0 bridgehead atoms. The van der Waals surface area contributed by atoms with Gasteiger partial charge in [0.15, 0.2) is 0 Å². The molecule has 0 fully saturated rings. The Morgan fingerprint density at radius 3 is 3.08 bits per heavy atom. The van der Waals surface area contributed by atoms with Crippen molar-refractivity contribution in [2.24, 2.45) is 15.9 Å². The average Bonchev–Trinajstić information content (AvgIpc) is 2.07. The van der Waals surface area contributed by atoms with Gasteiger partial charge in [-0.2, -0.15) is 0 Å². The fraction of sp³-hybridized carbons (Fsp3) is 0.222. The topological polar surface area (TPSA) is 41.8 Å². The Labute approximate surface area is 70.2 Å². The Kier molecular flexibility index (Phi) is 1.50. The molecule has 1 aliphatic carbocycles. The second kappa shape index (κ2) is 2.52. The quantitative estimate of drug-likeness (QED) is 0.523. The second-order valence-corrected chi connectivity index (χ2v) is 2.81. The predicted molar refractivity (Wildman–Crippen MR) is 47.3 cm³/mol. The largest absolute Gasteiger partial charge is 0.271 e. The number of carbonyl (C=O) groups excluding carboxylic acids is 1. The van der Waals surface area contributed by atoms with Crippen molar-refractivity contribution in [3.05, 3.63) is 23.8 Å². The predicted octanol–water partition coefficient (Wildman–Crippen LogP) is 1.13. The minimum absolute atomic E-state index is 0.122. The third-order valence-electron chi connectivity index (χ3n) is 2.00. The molecule has 0 saturated heterocycles. The van der Waals surface area contributed by atoms with Crippen LogP contribution in [0.4, 0.5) is 0 Å². The van der Waals surface area contributed by atoms with Crippen molar-refractivity contribution in [1.82, 2.24) is 0 Å². The van der Waals surface area contributed by atoms with Crippen LogP contribution in [0.3, 0.4) is 0 Å². The van der Waals surface area contributed by atoms with Crippen molar-refractivity contribution in [2.45, 2.75) is 6.92 Å². The smallest absolute Gasteiger partial charge is 0.260 e. The number of fused-ring (bicyclic) bond motifs is 1. The summed E-state index contributed by atoms with van der Waals surface area (Å²) in [5, 5.41) is 0. The lowest BCUT2D eigenvalue weighted by molar-refractivity contribution is -0.118. The normalized spacial score (nSPS) is 26.4. The van der Waals surface area contributed by atoms with Crippen LogP contribution >= 0.6 is 0 Å². The van der Waals surface area contributed by atoms with Crippen molar-refractivity contribution in [3.8, 4) is 0 Å². The summed E-state index contributed by atoms with van der Waals surface area (Å²) in [7, 11) is 0. The minimum atomic E-state index is -0.236. The summed E-state index contributed by atoms with van der Waals surface area (Å²) in [6.07, 6.45) is 6.97. The molecule has 3 nitrogen and oxygen atoms in total. The standard InChI is InChI=1S/C9H8N2O/c1-6-3-2-4-7-8(6)10-5-11-9(7)12/h2-5,7H,1H3. The number of nitrogens with zero attached hydrogens (tertiary/aromatic N) is 2. The van der Waals surface area contributed by atoms with Gasteiger partial charge in [-0.25, -0.2) is 9.98 Å². The SMILES string of the molecule is CC1=CC=CC2C(=O)N=CN=C12. The zero-order chi connectivity index (χ0) is 8.55. The van der Waals surface area contributed by atoms with Crippen LogP contribution in [0.1, 0.15) is 6.92 Å². The maximum absolute atomic E-state index is 11.2. The molecule has 1 aliphatic heterocycles. The van der Waals surface area contributed by atoms with Crippen LogP contribution in [-0.2, 0) is 4.79 Å². The van der Waals surface area contributed by atoms with E-state index in [2.05, 4.69) is 9.98 Å². The van der Waals surface area contributed by atoms with Crippen LogP contribution in [0.25, 0.3) is 0 Å². The van der Waals surface area contributed by atoms with E-state index in [9.17, 15) is 4.79 Å². The van der Waals surface area contributed by atoms with E-state index in [0.29, 0.717) is 0 Å². The van der Waals surface area contributed by atoms with E-state index >= 15 is 0 Å². The van der Waals surface area contributed by atoms with Crippen LogP contribution in [0.5, 0.6) is 0 Å². The van der Waals surface area contributed by atoms with Crippen molar-refractivity contribution >= 4 is 18.0 Å². The maximum Gasteiger partial charge on any atom is 0.260 e. The number of hydrogen-bond acceptors (Lipinski definition) is 2.